The van der Waals surface area contributed by atoms with E-state index in [1.165, 1.54) is 52.7 Å². The molecule has 1 rings (SSSR count). The normalized spacial score (nSPS) is 19.2. The van der Waals surface area contributed by atoms with Crippen molar-refractivity contribution >= 4 is 0 Å². The molecule has 0 bridgehead atoms. The Balaban J connectivity index is 3.34. The summed E-state index contributed by atoms with van der Waals surface area (Å²) in [6.45, 7) is 17.3. The maximum atomic E-state index is 4.08. The van der Waals surface area contributed by atoms with Gasteiger partial charge in [-0.3, -0.25) is 0 Å². The predicted octanol–water partition coefficient (Wildman–Crippen LogP) is 5.74. The fourth-order valence-electron chi connectivity index (χ4n) is 2.50. The first kappa shape index (κ1) is 14.0. The lowest BCUT2D eigenvalue weighted by Gasteiger charge is -2.24. The summed E-state index contributed by atoms with van der Waals surface area (Å²) in [5, 5.41) is 0. The summed E-state index contributed by atoms with van der Waals surface area (Å²) < 4.78 is 0. The second-order valence-corrected chi connectivity index (χ2v) is 5.47. The van der Waals surface area contributed by atoms with E-state index in [1.807, 2.05) is 0 Å². The highest BCUT2D eigenvalue weighted by atomic mass is 14.2. The topological polar surface area (TPSA) is 0 Å². The van der Waals surface area contributed by atoms with E-state index < -0.39 is 0 Å². The van der Waals surface area contributed by atoms with Gasteiger partial charge in [-0.15, -0.1) is 0 Å². The van der Waals surface area contributed by atoms with Crippen LogP contribution in [0.25, 0.3) is 0 Å². The first-order chi connectivity index (χ1) is 7.86. The first-order valence-corrected chi connectivity index (χ1v) is 6.56. The Hall–Kier alpha value is -1.04. The molecule has 0 amide bonds. The molecule has 0 N–H and O–H groups in total. The van der Waals surface area contributed by atoms with E-state index in [9.17, 15) is 0 Å². The summed E-state index contributed by atoms with van der Waals surface area (Å²) >= 11 is 0. The van der Waals surface area contributed by atoms with E-state index in [2.05, 4.69) is 48.1 Å². The van der Waals surface area contributed by atoms with Crippen molar-refractivity contribution in [3.05, 3.63) is 45.6 Å². The SMILES string of the molecule is C=C(C)/C(C)=C1\CCCC(C(C)=C(C)C)=C1C. The van der Waals surface area contributed by atoms with Gasteiger partial charge in [0.05, 0.1) is 0 Å². The van der Waals surface area contributed by atoms with Gasteiger partial charge in [0.2, 0.25) is 0 Å². The first-order valence-electron chi connectivity index (χ1n) is 6.56. The van der Waals surface area contributed by atoms with Gasteiger partial charge in [0, 0.05) is 0 Å². The van der Waals surface area contributed by atoms with Crippen molar-refractivity contribution in [2.75, 3.05) is 0 Å². The molecular formula is C17H26. The molecule has 0 spiro atoms. The van der Waals surface area contributed by atoms with Crippen molar-refractivity contribution in [3.8, 4) is 0 Å². The van der Waals surface area contributed by atoms with E-state index in [4.69, 9.17) is 0 Å². The van der Waals surface area contributed by atoms with Gasteiger partial charge in [0.1, 0.15) is 0 Å². The summed E-state index contributed by atoms with van der Waals surface area (Å²) in [4.78, 5) is 0. The lowest BCUT2D eigenvalue weighted by Crippen LogP contribution is -2.05. The van der Waals surface area contributed by atoms with Crippen LogP contribution in [0.15, 0.2) is 45.6 Å². The zero-order chi connectivity index (χ0) is 13.2. The summed E-state index contributed by atoms with van der Waals surface area (Å²) in [6.07, 6.45) is 3.72. The quantitative estimate of drug-likeness (QED) is 0.568. The van der Waals surface area contributed by atoms with Crippen molar-refractivity contribution in [3.63, 3.8) is 0 Å². The van der Waals surface area contributed by atoms with E-state index in [1.54, 1.807) is 5.57 Å². The number of hydrogen-bond acceptors (Lipinski definition) is 0. The molecule has 94 valence electrons. The third-order valence-electron chi connectivity index (χ3n) is 4.05. The Morgan fingerprint density at radius 1 is 1.00 bits per heavy atom. The van der Waals surface area contributed by atoms with Gasteiger partial charge in [-0.25, -0.2) is 0 Å². The van der Waals surface area contributed by atoms with Crippen molar-refractivity contribution in [2.45, 2.75) is 60.8 Å². The largest absolute Gasteiger partial charge is 0.0958 e. The highest BCUT2D eigenvalue weighted by Crippen LogP contribution is 2.36. The standard InChI is InChI=1S/C17H26/c1-11(2)13(5)16-9-8-10-17(15(16)7)14(6)12(3)4/h1,8-10H2,2-7H3/b16-13+. The maximum Gasteiger partial charge on any atom is -0.0270 e. The van der Waals surface area contributed by atoms with Crippen molar-refractivity contribution in [2.24, 2.45) is 0 Å². The molecule has 0 aromatic rings. The lowest BCUT2D eigenvalue weighted by molar-refractivity contribution is 0.759. The molecule has 0 aromatic carbocycles. The Bertz CT molecular complexity index is 421. The molecule has 0 aromatic heterocycles. The molecule has 0 unspecified atom stereocenters. The van der Waals surface area contributed by atoms with E-state index >= 15 is 0 Å². The number of allylic oxidation sites excluding steroid dienone is 7. The van der Waals surface area contributed by atoms with Crippen LogP contribution in [0.2, 0.25) is 0 Å². The zero-order valence-corrected chi connectivity index (χ0v) is 12.3. The number of hydrogen-bond donors (Lipinski definition) is 0. The minimum Gasteiger partial charge on any atom is -0.0958 e. The number of rotatable bonds is 2. The molecule has 0 nitrogen and oxygen atoms in total. The molecule has 1 aliphatic carbocycles. The molecule has 0 saturated carbocycles. The van der Waals surface area contributed by atoms with E-state index in [0.29, 0.717) is 0 Å². The second-order valence-electron chi connectivity index (χ2n) is 5.47. The fourth-order valence-corrected chi connectivity index (χ4v) is 2.50. The second kappa shape index (κ2) is 5.53. The average Bonchev–Trinajstić information content (AvgIpc) is 2.27. The predicted molar refractivity (Wildman–Crippen MR) is 78.1 cm³/mol. The Labute approximate surface area is 107 Å². The third kappa shape index (κ3) is 3.00. The molecule has 0 aliphatic heterocycles. The average molecular weight is 230 g/mol. The van der Waals surface area contributed by atoms with Crippen LogP contribution in [0, 0.1) is 0 Å². The molecule has 0 fully saturated rings. The van der Waals surface area contributed by atoms with Crippen LogP contribution in [-0.2, 0) is 0 Å². The van der Waals surface area contributed by atoms with Gasteiger partial charge in [0.25, 0.3) is 0 Å². The molecule has 0 saturated heterocycles. The van der Waals surface area contributed by atoms with Gasteiger partial charge in [-0.05, 0) is 88.7 Å². The van der Waals surface area contributed by atoms with E-state index in [-0.39, 0.29) is 0 Å². The van der Waals surface area contributed by atoms with Gasteiger partial charge >= 0.3 is 0 Å². The van der Waals surface area contributed by atoms with Crippen LogP contribution in [0.3, 0.4) is 0 Å². The third-order valence-corrected chi connectivity index (χ3v) is 4.05. The van der Waals surface area contributed by atoms with Crippen LogP contribution in [0.5, 0.6) is 0 Å². The van der Waals surface area contributed by atoms with Gasteiger partial charge in [0.15, 0.2) is 0 Å². The highest BCUT2D eigenvalue weighted by molar-refractivity contribution is 5.50. The minimum absolute atomic E-state index is 1.20. The Morgan fingerprint density at radius 2 is 1.59 bits per heavy atom. The smallest absolute Gasteiger partial charge is 0.0270 e. The summed E-state index contributed by atoms with van der Waals surface area (Å²) in [7, 11) is 0. The van der Waals surface area contributed by atoms with Gasteiger partial charge in [-0.1, -0.05) is 17.7 Å². The molecule has 0 heteroatoms. The lowest BCUT2D eigenvalue weighted by atomic mass is 9.81. The zero-order valence-electron chi connectivity index (χ0n) is 12.3. The monoisotopic (exact) mass is 230 g/mol. The van der Waals surface area contributed by atoms with Gasteiger partial charge in [-0.2, -0.15) is 0 Å². The van der Waals surface area contributed by atoms with E-state index in [0.717, 1.165) is 0 Å². The molecule has 0 radical (unpaired) electrons. The van der Waals surface area contributed by atoms with Crippen molar-refractivity contribution in [1.82, 2.24) is 0 Å². The Morgan fingerprint density at radius 3 is 2.06 bits per heavy atom. The summed E-state index contributed by atoms with van der Waals surface area (Å²) in [5.74, 6) is 0. The van der Waals surface area contributed by atoms with Crippen LogP contribution >= 0.6 is 0 Å². The van der Waals surface area contributed by atoms with Crippen LogP contribution in [0.4, 0.5) is 0 Å². The molecule has 1 aliphatic rings. The maximum absolute atomic E-state index is 4.08. The van der Waals surface area contributed by atoms with Gasteiger partial charge < -0.3 is 0 Å². The van der Waals surface area contributed by atoms with Crippen LogP contribution in [0.1, 0.15) is 60.8 Å². The van der Waals surface area contributed by atoms with Crippen molar-refractivity contribution in [1.29, 1.82) is 0 Å². The fraction of sp³-hybridized carbons (Fsp3) is 0.529. The summed E-state index contributed by atoms with van der Waals surface area (Å²) in [6, 6.07) is 0. The minimum atomic E-state index is 1.20. The molecular weight excluding hydrogens is 204 g/mol. The highest BCUT2D eigenvalue weighted by Gasteiger charge is 2.17. The summed E-state index contributed by atoms with van der Waals surface area (Å²) in [5.41, 5.74) is 10.1. The molecule has 0 heterocycles. The Kier molecular flexibility index (Phi) is 4.56. The van der Waals surface area contributed by atoms with Crippen LogP contribution in [-0.4, -0.2) is 0 Å². The molecule has 0 atom stereocenters. The molecule has 17 heavy (non-hydrogen) atoms. The van der Waals surface area contributed by atoms with Crippen molar-refractivity contribution < 1.29 is 0 Å². The van der Waals surface area contributed by atoms with Crippen LogP contribution < -0.4 is 0 Å².